The molecule has 0 spiro atoms. The minimum absolute atomic E-state index is 0.0593. The van der Waals surface area contributed by atoms with Gasteiger partial charge in [-0.25, -0.2) is 4.57 Å². The molecule has 164 valence electrons. The van der Waals surface area contributed by atoms with Crippen LogP contribution in [0, 0.1) is 0 Å². The fourth-order valence-electron chi connectivity index (χ4n) is 3.20. The first-order chi connectivity index (χ1) is 14.8. The molecule has 3 aromatic rings. The summed E-state index contributed by atoms with van der Waals surface area (Å²) < 4.78 is 47.7. The van der Waals surface area contributed by atoms with Crippen LogP contribution >= 0.6 is 19.4 Å². The van der Waals surface area contributed by atoms with Crippen LogP contribution in [-0.2, 0) is 4.57 Å². The quantitative estimate of drug-likeness (QED) is 0.497. The summed E-state index contributed by atoms with van der Waals surface area (Å²) in [6.07, 6.45) is 0. The molecule has 0 aliphatic carbocycles. The van der Waals surface area contributed by atoms with E-state index in [2.05, 4.69) is 4.37 Å². The fourth-order valence-corrected chi connectivity index (χ4v) is 4.30. The van der Waals surface area contributed by atoms with Crippen LogP contribution in [-0.4, -0.2) is 42.3 Å². The summed E-state index contributed by atoms with van der Waals surface area (Å²) in [5.41, 5.74) is 2.56. The molecule has 0 fully saturated rings. The van der Waals surface area contributed by atoms with Crippen molar-refractivity contribution in [2.24, 2.45) is 0 Å². The molecule has 2 heterocycles. The molecular weight excluding hydrogens is 449 g/mol. The van der Waals surface area contributed by atoms with Gasteiger partial charge in [0.15, 0.2) is 23.0 Å². The van der Waals surface area contributed by atoms with Crippen LogP contribution in [0.15, 0.2) is 29.6 Å². The third kappa shape index (κ3) is 4.13. The molecule has 0 unspecified atom stereocenters. The molecule has 1 aliphatic rings. The Bertz CT molecular complexity index is 1170. The first-order valence-corrected chi connectivity index (χ1v) is 11.1. The number of rotatable bonds is 7. The van der Waals surface area contributed by atoms with E-state index in [1.54, 1.807) is 23.6 Å². The highest BCUT2D eigenvalue weighted by atomic mass is 32.1. The predicted molar refractivity (Wildman–Crippen MR) is 111 cm³/mol. The molecule has 2 N–H and O–H groups in total. The van der Waals surface area contributed by atoms with Crippen molar-refractivity contribution in [1.29, 1.82) is 0 Å². The Hall–Kier alpha value is -2.98. The molecule has 31 heavy (non-hydrogen) atoms. The minimum atomic E-state index is -4.84. The third-order valence-electron chi connectivity index (χ3n) is 4.47. The Kier molecular flexibility index (Phi) is 5.67. The molecule has 0 saturated carbocycles. The molecule has 0 saturated heterocycles. The Labute approximate surface area is 181 Å². The van der Waals surface area contributed by atoms with Gasteiger partial charge in [-0.1, -0.05) is 0 Å². The average molecular weight is 467 g/mol. The van der Waals surface area contributed by atoms with E-state index in [4.69, 9.17) is 28.2 Å². The van der Waals surface area contributed by atoms with Gasteiger partial charge in [-0.2, -0.15) is 4.37 Å². The molecular formula is C19H18NO9PS. The Morgan fingerprint density at radius 3 is 2.35 bits per heavy atom. The summed E-state index contributed by atoms with van der Waals surface area (Å²) in [5, 5.41) is 1.80. The molecule has 2 aromatic carbocycles. The van der Waals surface area contributed by atoms with Crippen molar-refractivity contribution < 1.29 is 42.6 Å². The van der Waals surface area contributed by atoms with Crippen LogP contribution in [0.1, 0.15) is 0 Å². The van der Waals surface area contributed by atoms with Gasteiger partial charge in [-0.05, 0) is 41.4 Å². The summed E-state index contributed by atoms with van der Waals surface area (Å²) in [5.74, 6) is 1.69. The van der Waals surface area contributed by atoms with Crippen LogP contribution in [0.4, 0.5) is 0 Å². The van der Waals surface area contributed by atoms with Crippen LogP contribution in [0.5, 0.6) is 34.5 Å². The number of methoxy groups -OCH3 is 3. The Morgan fingerprint density at radius 1 is 0.968 bits per heavy atom. The number of nitrogens with zero attached hydrogens (tertiary/aromatic N) is 1. The first-order valence-electron chi connectivity index (χ1n) is 8.78. The summed E-state index contributed by atoms with van der Waals surface area (Å²) in [7, 11) is -0.547. The molecule has 10 nitrogen and oxygen atoms in total. The maximum Gasteiger partial charge on any atom is 0.524 e. The van der Waals surface area contributed by atoms with E-state index in [1.807, 2.05) is 0 Å². The molecule has 0 bridgehead atoms. The standard InChI is InChI=1S/C19H18NO9PS/c1-24-13-4-10(5-16(18(13)26-3)29-30(21,22)23)12-8-31-20-17(12)11-6-14(25-2)19-15(7-11)27-9-28-19/h4-8H,9H2,1-3H3,(H2,21,22,23). The zero-order valence-corrected chi connectivity index (χ0v) is 18.4. The van der Waals surface area contributed by atoms with Crippen molar-refractivity contribution in [3.63, 3.8) is 0 Å². The lowest BCUT2D eigenvalue weighted by Crippen LogP contribution is -1.98. The van der Waals surface area contributed by atoms with E-state index < -0.39 is 7.82 Å². The summed E-state index contributed by atoms with van der Waals surface area (Å²) in [4.78, 5) is 18.6. The second-order valence-electron chi connectivity index (χ2n) is 6.28. The van der Waals surface area contributed by atoms with Gasteiger partial charge in [0.05, 0.1) is 27.0 Å². The minimum Gasteiger partial charge on any atom is -0.493 e. The van der Waals surface area contributed by atoms with Crippen molar-refractivity contribution in [1.82, 2.24) is 4.37 Å². The molecule has 1 aromatic heterocycles. The van der Waals surface area contributed by atoms with Crippen molar-refractivity contribution in [3.8, 4) is 56.9 Å². The SMILES string of the molecule is COc1cc(-c2csnc2-c2cc(OC)c3c(c2)OCO3)cc(OP(=O)(O)O)c1OC. The number of benzene rings is 2. The number of fused-ring (bicyclic) bond motifs is 1. The topological polar surface area (TPSA) is 126 Å². The van der Waals surface area contributed by atoms with E-state index in [1.165, 1.54) is 38.9 Å². The fraction of sp³-hybridized carbons (Fsp3) is 0.211. The lowest BCUT2D eigenvalue weighted by molar-refractivity contribution is 0.171. The van der Waals surface area contributed by atoms with E-state index in [9.17, 15) is 14.4 Å². The molecule has 0 amide bonds. The van der Waals surface area contributed by atoms with Gasteiger partial charge in [0.1, 0.15) is 0 Å². The zero-order chi connectivity index (χ0) is 22.2. The van der Waals surface area contributed by atoms with E-state index in [0.29, 0.717) is 39.6 Å². The lowest BCUT2D eigenvalue weighted by atomic mass is 10.0. The van der Waals surface area contributed by atoms with Gasteiger partial charge in [0.25, 0.3) is 0 Å². The largest absolute Gasteiger partial charge is 0.524 e. The summed E-state index contributed by atoms with van der Waals surface area (Å²) in [6.45, 7) is 0.0951. The lowest BCUT2D eigenvalue weighted by Gasteiger charge is -2.16. The summed E-state index contributed by atoms with van der Waals surface area (Å²) >= 11 is 1.22. The smallest absolute Gasteiger partial charge is 0.493 e. The number of phosphoric acid groups is 1. The van der Waals surface area contributed by atoms with E-state index in [0.717, 1.165) is 0 Å². The monoisotopic (exact) mass is 467 g/mol. The van der Waals surface area contributed by atoms with Crippen molar-refractivity contribution in [2.45, 2.75) is 0 Å². The average Bonchev–Trinajstić information content (AvgIpc) is 3.40. The van der Waals surface area contributed by atoms with Crippen LogP contribution < -0.4 is 28.2 Å². The summed E-state index contributed by atoms with van der Waals surface area (Å²) in [6, 6.07) is 6.69. The van der Waals surface area contributed by atoms with Gasteiger partial charge in [-0.3, -0.25) is 9.79 Å². The number of phosphoric ester groups is 1. The molecule has 12 heteroatoms. The number of hydrogen-bond donors (Lipinski definition) is 2. The Morgan fingerprint density at radius 2 is 1.68 bits per heavy atom. The second-order valence-corrected chi connectivity index (χ2v) is 8.07. The maximum absolute atomic E-state index is 11.5. The molecule has 0 radical (unpaired) electrons. The first kappa shape index (κ1) is 21.3. The highest BCUT2D eigenvalue weighted by molar-refractivity contribution is 7.46. The number of hydrogen-bond acceptors (Lipinski definition) is 9. The van der Waals surface area contributed by atoms with Crippen molar-refractivity contribution >= 4 is 19.4 Å². The molecule has 0 atom stereocenters. The highest BCUT2D eigenvalue weighted by Crippen LogP contribution is 2.50. The normalized spacial score (nSPS) is 12.5. The second kappa shape index (κ2) is 8.27. The van der Waals surface area contributed by atoms with Crippen molar-refractivity contribution in [2.75, 3.05) is 28.1 Å². The van der Waals surface area contributed by atoms with Gasteiger partial charge >= 0.3 is 7.82 Å². The zero-order valence-electron chi connectivity index (χ0n) is 16.6. The van der Waals surface area contributed by atoms with Gasteiger partial charge < -0.3 is 28.2 Å². The Balaban J connectivity index is 1.86. The maximum atomic E-state index is 11.5. The number of aromatic nitrogens is 1. The molecule has 1 aliphatic heterocycles. The van der Waals surface area contributed by atoms with Gasteiger partial charge in [0, 0.05) is 16.5 Å². The van der Waals surface area contributed by atoms with E-state index >= 15 is 0 Å². The van der Waals surface area contributed by atoms with Crippen LogP contribution in [0.3, 0.4) is 0 Å². The van der Waals surface area contributed by atoms with Crippen molar-refractivity contribution in [3.05, 3.63) is 29.6 Å². The number of ether oxygens (including phenoxy) is 5. The highest BCUT2D eigenvalue weighted by Gasteiger charge is 2.26. The predicted octanol–water partition coefficient (Wildman–Crippen LogP) is 3.70. The third-order valence-corrected chi connectivity index (χ3v) is 5.54. The van der Waals surface area contributed by atoms with Gasteiger partial charge in [0.2, 0.25) is 18.3 Å². The molecule has 4 rings (SSSR count). The van der Waals surface area contributed by atoms with E-state index in [-0.39, 0.29) is 24.0 Å². The van der Waals surface area contributed by atoms with Crippen LogP contribution in [0.2, 0.25) is 0 Å². The van der Waals surface area contributed by atoms with Crippen LogP contribution in [0.25, 0.3) is 22.4 Å². The van der Waals surface area contributed by atoms with Gasteiger partial charge in [-0.15, -0.1) is 0 Å².